The van der Waals surface area contributed by atoms with Gasteiger partial charge in [-0.05, 0) is 25.7 Å². The zero-order valence-electron chi connectivity index (χ0n) is 8.61. The quantitative estimate of drug-likeness (QED) is 0.527. The van der Waals surface area contributed by atoms with E-state index in [4.69, 9.17) is 9.84 Å². The van der Waals surface area contributed by atoms with Gasteiger partial charge in [-0.3, -0.25) is 0 Å². The predicted molar refractivity (Wildman–Crippen MR) is 54.2 cm³/mol. The zero-order chi connectivity index (χ0) is 10.2. The second kappa shape index (κ2) is 7.17. The topological polar surface area (TPSA) is 61.7 Å². The first kappa shape index (κ1) is 11.9. The maximum Gasteiger partial charge on any atom is 0.0698 e. The van der Waals surface area contributed by atoms with E-state index in [1.807, 2.05) is 0 Å². The van der Waals surface area contributed by atoms with Crippen molar-refractivity contribution in [3.05, 3.63) is 0 Å². The van der Waals surface area contributed by atoms with Crippen LogP contribution >= 0.6 is 0 Å². The second-order valence-corrected chi connectivity index (χ2v) is 3.80. The molecule has 1 aliphatic carbocycles. The fraction of sp³-hybridized carbons (Fsp3) is 1.00. The Hall–Kier alpha value is -0.160. The van der Waals surface area contributed by atoms with Gasteiger partial charge in [0.25, 0.3) is 0 Å². The van der Waals surface area contributed by atoms with Crippen LogP contribution in [0.15, 0.2) is 0 Å². The summed E-state index contributed by atoms with van der Waals surface area (Å²) in [6, 6.07) is 0.538. The molecule has 3 N–H and O–H groups in total. The van der Waals surface area contributed by atoms with E-state index in [9.17, 15) is 5.11 Å². The highest BCUT2D eigenvalue weighted by atomic mass is 16.5. The van der Waals surface area contributed by atoms with E-state index in [0.29, 0.717) is 19.3 Å². The molecule has 4 nitrogen and oxygen atoms in total. The van der Waals surface area contributed by atoms with Crippen LogP contribution in [-0.2, 0) is 4.74 Å². The molecular weight excluding hydrogens is 182 g/mol. The van der Waals surface area contributed by atoms with Crippen LogP contribution in [0.3, 0.4) is 0 Å². The van der Waals surface area contributed by atoms with Gasteiger partial charge in [0.15, 0.2) is 0 Å². The number of hydrogen-bond donors (Lipinski definition) is 3. The van der Waals surface area contributed by atoms with Crippen molar-refractivity contribution < 1.29 is 14.9 Å². The van der Waals surface area contributed by atoms with Crippen LogP contribution in [0.25, 0.3) is 0 Å². The molecule has 1 rings (SSSR count). The van der Waals surface area contributed by atoms with Crippen molar-refractivity contribution >= 4 is 0 Å². The molecule has 0 unspecified atom stereocenters. The highest BCUT2D eigenvalue weighted by Crippen LogP contribution is 2.17. The van der Waals surface area contributed by atoms with E-state index in [1.165, 1.54) is 0 Å². The Balaban J connectivity index is 1.91. The molecule has 84 valence electrons. The van der Waals surface area contributed by atoms with Gasteiger partial charge in [0.1, 0.15) is 0 Å². The van der Waals surface area contributed by atoms with Crippen LogP contribution in [0.1, 0.15) is 25.7 Å². The lowest BCUT2D eigenvalue weighted by Gasteiger charge is -2.26. The van der Waals surface area contributed by atoms with Crippen LogP contribution in [0.5, 0.6) is 0 Å². The van der Waals surface area contributed by atoms with Crippen molar-refractivity contribution in [3.8, 4) is 0 Å². The van der Waals surface area contributed by atoms with Crippen molar-refractivity contribution in [2.45, 2.75) is 37.8 Å². The summed E-state index contributed by atoms with van der Waals surface area (Å²) in [7, 11) is 0. The summed E-state index contributed by atoms with van der Waals surface area (Å²) in [5.74, 6) is 0. The van der Waals surface area contributed by atoms with Crippen molar-refractivity contribution in [3.63, 3.8) is 0 Å². The van der Waals surface area contributed by atoms with E-state index in [0.717, 1.165) is 32.2 Å². The highest BCUT2D eigenvalue weighted by Gasteiger charge is 2.18. The molecule has 0 heterocycles. The number of aliphatic hydroxyl groups excluding tert-OH is 2. The standard InChI is InChI=1S/C10H21NO3/c12-6-8-14-7-5-11-9-1-3-10(13)4-2-9/h9-13H,1-8H2. The van der Waals surface area contributed by atoms with Crippen LogP contribution in [0, 0.1) is 0 Å². The Morgan fingerprint density at radius 3 is 2.50 bits per heavy atom. The Kier molecular flexibility index (Phi) is 6.10. The van der Waals surface area contributed by atoms with Crippen molar-refractivity contribution in [1.82, 2.24) is 5.32 Å². The van der Waals surface area contributed by atoms with E-state index < -0.39 is 0 Å². The van der Waals surface area contributed by atoms with Gasteiger partial charge < -0.3 is 20.3 Å². The lowest BCUT2D eigenvalue weighted by atomic mass is 9.93. The van der Waals surface area contributed by atoms with Gasteiger partial charge in [-0.25, -0.2) is 0 Å². The molecule has 0 amide bonds. The summed E-state index contributed by atoms with van der Waals surface area (Å²) in [5, 5.41) is 21.1. The first-order valence-corrected chi connectivity index (χ1v) is 5.43. The van der Waals surface area contributed by atoms with Gasteiger partial charge in [0, 0.05) is 12.6 Å². The van der Waals surface area contributed by atoms with E-state index in [-0.39, 0.29) is 12.7 Å². The van der Waals surface area contributed by atoms with Crippen molar-refractivity contribution in [2.75, 3.05) is 26.4 Å². The monoisotopic (exact) mass is 203 g/mol. The molecule has 0 radical (unpaired) electrons. The van der Waals surface area contributed by atoms with Gasteiger partial charge in [-0.1, -0.05) is 0 Å². The minimum atomic E-state index is -0.0845. The molecule has 0 aromatic heterocycles. The smallest absolute Gasteiger partial charge is 0.0698 e. The molecule has 0 saturated heterocycles. The maximum absolute atomic E-state index is 9.29. The Bertz CT molecular complexity index is 135. The molecule has 1 aliphatic rings. The highest BCUT2D eigenvalue weighted by molar-refractivity contribution is 4.76. The fourth-order valence-electron chi connectivity index (χ4n) is 1.78. The number of hydrogen-bond acceptors (Lipinski definition) is 4. The SMILES string of the molecule is OCCOCCNC1CCC(O)CC1. The van der Waals surface area contributed by atoms with Crippen LogP contribution in [0.2, 0.25) is 0 Å². The van der Waals surface area contributed by atoms with Gasteiger partial charge in [-0.15, -0.1) is 0 Å². The third-order valence-corrected chi connectivity index (χ3v) is 2.61. The zero-order valence-corrected chi connectivity index (χ0v) is 8.61. The van der Waals surface area contributed by atoms with E-state index in [2.05, 4.69) is 5.32 Å². The number of rotatable bonds is 6. The van der Waals surface area contributed by atoms with E-state index >= 15 is 0 Å². The number of aliphatic hydroxyl groups is 2. The third-order valence-electron chi connectivity index (χ3n) is 2.61. The molecule has 0 aromatic rings. The van der Waals surface area contributed by atoms with Gasteiger partial charge in [-0.2, -0.15) is 0 Å². The Morgan fingerprint density at radius 2 is 1.86 bits per heavy atom. The van der Waals surface area contributed by atoms with Gasteiger partial charge >= 0.3 is 0 Å². The molecule has 14 heavy (non-hydrogen) atoms. The number of ether oxygens (including phenoxy) is 1. The van der Waals surface area contributed by atoms with Gasteiger partial charge in [0.05, 0.1) is 25.9 Å². The summed E-state index contributed by atoms with van der Waals surface area (Å²) in [4.78, 5) is 0. The largest absolute Gasteiger partial charge is 0.394 e. The van der Waals surface area contributed by atoms with Crippen LogP contribution < -0.4 is 5.32 Å². The summed E-state index contributed by atoms with van der Waals surface area (Å²) in [6.45, 7) is 2.00. The predicted octanol–water partition coefficient (Wildman–Crippen LogP) is -0.112. The average Bonchev–Trinajstić information content (AvgIpc) is 2.21. The fourth-order valence-corrected chi connectivity index (χ4v) is 1.78. The molecule has 0 spiro atoms. The summed E-state index contributed by atoms with van der Waals surface area (Å²) in [6.07, 6.45) is 3.85. The summed E-state index contributed by atoms with van der Waals surface area (Å²) >= 11 is 0. The average molecular weight is 203 g/mol. The van der Waals surface area contributed by atoms with Gasteiger partial charge in [0.2, 0.25) is 0 Å². The molecule has 0 bridgehead atoms. The molecule has 4 heteroatoms. The first-order chi connectivity index (χ1) is 6.83. The van der Waals surface area contributed by atoms with Crippen molar-refractivity contribution in [1.29, 1.82) is 0 Å². The molecular formula is C10H21NO3. The summed E-state index contributed by atoms with van der Waals surface area (Å²) in [5.41, 5.74) is 0. The Labute approximate surface area is 85.3 Å². The normalized spacial score (nSPS) is 27.9. The van der Waals surface area contributed by atoms with Crippen LogP contribution in [-0.4, -0.2) is 48.7 Å². The molecule has 0 atom stereocenters. The maximum atomic E-state index is 9.29. The van der Waals surface area contributed by atoms with Crippen LogP contribution in [0.4, 0.5) is 0 Å². The lowest BCUT2D eigenvalue weighted by molar-refractivity contribution is 0.0866. The minimum Gasteiger partial charge on any atom is -0.394 e. The second-order valence-electron chi connectivity index (χ2n) is 3.80. The number of nitrogens with one attached hydrogen (secondary N) is 1. The lowest BCUT2D eigenvalue weighted by Crippen LogP contribution is -2.36. The van der Waals surface area contributed by atoms with Crippen molar-refractivity contribution in [2.24, 2.45) is 0 Å². The molecule has 0 aliphatic heterocycles. The molecule has 1 saturated carbocycles. The third kappa shape index (κ3) is 4.91. The minimum absolute atomic E-state index is 0.0845. The van der Waals surface area contributed by atoms with E-state index in [1.54, 1.807) is 0 Å². The first-order valence-electron chi connectivity index (χ1n) is 5.43. The molecule has 0 aromatic carbocycles. The summed E-state index contributed by atoms with van der Waals surface area (Å²) < 4.78 is 5.13. The molecule has 1 fully saturated rings. The Morgan fingerprint density at radius 1 is 1.14 bits per heavy atom.